The first-order valence-electron chi connectivity index (χ1n) is 10.1. The summed E-state index contributed by atoms with van der Waals surface area (Å²) in [5.41, 5.74) is 6.36. The Balaban J connectivity index is 1.54. The molecule has 0 saturated carbocycles. The zero-order valence-corrected chi connectivity index (χ0v) is 18.3. The van der Waals surface area contributed by atoms with Gasteiger partial charge < -0.3 is 20.7 Å². The molecule has 2 fully saturated rings. The van der Waals surface area contributed by atoms with Gasteiger partial charge in [-0.15, -0.1) is 4.28 Å². The summed E-state index contributed by atoms with van der Waals surface area (Å²) in [7, 11) is -4.86. The van der Waals surface area contributed by atoms with Gasteiger partial charge in [0.25, 0.3) is 0 Å². The van der Waals surface area contributed by atoms with Gasteiger partial charge in [-0.3, -0.25) is 14.1 Å². The molecule has 2 aliphatic rings. The van der Waals surface area contributed by atoms with Crippen LogP contribution in [0.2, 0.25) is 0 Å². The molecule has 12 nitrogen and oxygen atoms in total. The summed E-state index contributed by atoms with van der Waals surface area (Å²) in [5.74, 6) is -0.238. The minimum absolute atomic E-state index is 0.0424. The molecule has 0 radical (unpaired) electrons. The quantitative estimate of drug-likeness (QED) is 0.387. The molecule has 4 N–H and O–H groups in total. The van der Waals surface area contributed by atoms with E-state index in [1.54, 1.807) is 31.2 Å². The highest BCUT2D eigenvalue weighted by Crippen LogP contribution is 2.30. The van der Waals surface area contributed by atoms with Crippen molar-refractivity contribution in [3.63, 3.8) is 0 Å². The first kappa shape index (κ1) is 23.9. The fourth-order valence-electron chi connectivity index (χ4n) is 3.69. The number of nitrogens with two attached hydrogens (primary N) is 1. The Kier molecular flexibility index (Phi) is 7.33. The Morgan fingerprint density at radius 3 is 2.72 bits per heavy atom. The summed E-state index contributed by atoms with van der Waals surface area (Å²) in [6.45, 7) is 1.93. The lowest BCUT2D eigenvalue weighted by molar-refractivity contribution is -0.128. The number of hydrogen-bond donors (Lipinski definition) is 3. The molecular weight excluding hydrogens is 444 g/mol. The second-order valence-electron chi connectivity index (χ2n) is 7.84. The SMILES string of the molecule is C[C@@H](N)COc1ccccc1CC(=O)CNC(=O)[C@@H]1CC[C@@H]2CN1C(=O)N2OS(=O)(=O)O. The number of urea groups is 1. The van der Waals surface area contributed by atoms with Crippen molar-refractivity contribution in [3.05, 3.63) is 29.8 Å². The van der Waals surface area contributed by atoms with Crippen LogP contribution in [0.5, 0.6) is 5.75 Å². The van der Waals surface area contributed by atoms with E-state index in [0.29, 0.717) is 29.4 Å². The molecule has 0 aliphatic carbocycles. The van der Waals surface area contributed by atoms with Crippen molar-refractivity contribution >= 4 is 28.1 Å². The number of amides is 3. The third-order valence-corrected chi connectivity index (χ3v) is 5.47. The van der Waals surface area contributed by atoms with Crippen molar-refractivity contribution in [3.8, 4) is 5.75 Å². The molecule has 13 heteroatoms. The van der Waals surface area contributed by atoms with Crippen LogP contribution in [0, 0.1) is 0 Å². The molecule has 1 aromatic rings. The summed E-state index contributed by atoms with van der Waals surface area (Å²) < 4.78 is 40.7. The Morgan fingerprint density at radius 2 is 2.03 bits per heavy atom. The number of fused-ring (bicyclic) bond motifs is 2. The van der Waals surface area contributed by atoms with Crippen LogP contribution < -0.4 is 15.8 Å². The summed E-state index contributed by atoms with van der Waals surface area (Å²) in [6.07, 6.45) is 0.602. The van der Waals surface area contributed by atoms with Crippen LogP contribution >= 0.6 is 0 Å². The molecule has 2 heterocycles. The molecule has 2 bridgehead atoms. The molecule has 0 aromatic heterocycles. The van der Waals surface area contributed by atoms with Gasteiger partial charge >= 0.3 is 16.4 Å². The maximum atomic E-state index is 12.6. The standard InChI is InChI=1S/C19H26N4O8S/c1-12(20)11-30-17-5-3-2-4-13(17)8-15(24)9-21-18(25)16-7-6-14-10-22(16)19(26)23(14)31-32(27,28)29/h2-5,12,14,16H,6-11,20H2,1H3,(H,21,25)(H,27,28,29)/t12-,14-,16+/m1/s1. The molecule has 3 atom stereocenters. The molecule has 2 saturated heterocycles. The molecule has 0 unspecified atom stereocenters. The number of nitrogens with zero attached hydrogens (tertiary/aromatic N) is 2. The lowest BCUT2D eigenvalue weighted by Crippen LogP contribution is -2.50. The van der Waals surface area contributed by atoms with Gasteiger partial charge in [0.2, 0.25) is 5.91 Å². The van der Waals surface area contributed by atoms with Gasteiger partial charge in [-0.2, -0.15) is 13.5 Å². The second-order valence-corrected chi connectivity index (χ2v) is 8.84. The zero-order valence-electron chi connectivity index (χ0n) is 17.5. The molecular formula is C19H26N4O8S. The monoisotopic (exact) mass is 470 g/mol. The smallest absolute Gasteiger partial charge is 0.418 e. The summed E-state index contributed by atoms with van der Waals surface area (Å²) in [5, 5.41) is 3.10. The maximum absolute atomic E-state index is 12.6. The fraction of sp³-hybridized carbons (Fsp3) is 0.526. The topological polar surface area (TPSA) is 169 Å². The van der Waals surface area contributed by atoms with Crippen LogP contribution in [0.3, 0.4) is 0 Å². The lowest BCUT2D eigenvalue weighted by Gasteiger charge is -2.29. The van der Waals surface area contributed by atoms with Crippen LogP contribution in [-0.2, 0) is 30.7 Å². The van der Waals surface area contributed by atoms with Crippen molar-refractivity contribution in [1.82, 2.24) is 15.3 Å². The second kappa shape index (κ2) is 9.81. The predicted octanol–water partition coefficient (Wildman–Crippen LogP) is -0.357. The van der Waals surface area contributed by atoms with Crippen molar-refractivity contribution in [2.24, 2.45) is 5.73 Å². The molecule has 2 aliphatic heterocycles. The van der Waals surface area contributed by atoms with E-state index in [1.807, 2.05) is 0 Å². The van der Waals surface area contributed by atoms with Crippen LogP contribution in [0.25, 0.3) is 0 Å². The van der Waals surface area contributed by atoms with Gasteiger partial charge in [0, 0.05) is 24.6 Å². The largest absolute Gasteiger partial charge is 0.492 e. The number of hydrogen-bond acceptors (Lipinski definition) is 8. The van der Waals surface area contributed by atoms with Crippen LogP contribution in [0.1, 0.15) is 25.3 Å². The molecule has 176 valence electrons. The van der Waals surface area contributed by atoms with E-state index >= 15 is 0 Å². The van der Waals surface area contributed by atoms with E-state index in [0.717, 1.165) is 4.90 Å². The average Bonchev–Trinajstić information content (AvgIpc) is 2.95. The van der Waals surface area contributed by atoms with Gasteiger partial charge in [0.1, 0.15) is 18.4 Å². The first-order valence-corrected chi connectivity index (χ1v) is 11.4. The van der Waals surface area contributed by atoms with Crippen LogP contribution in [0.4, 0.5) is 4.79 Å². The molecule has 32 heavy (non-hydrogen) atoms. The number of nitrogens with one attached hydrogen (secondary N) is 1. The zero-order chi connectivity index (χ0) is 23.5. The number of para-hydroxylation sites is 1. The van der Waals surface area contributed by atoms with Gasteiger partial charge in [0.05, 0.1) is 12.6 Å². The number of carbonyl (C=O) groups is 3. The van der Waals surface area contributed by atoms with Gasteiger partial charge in [0.15, 0.2) is 5.78 Å². The van der Waals surface area contributed by atoms with Crippen molar-refractivity contribution in [1.29, 1.82) is 0 Å². The number of ketones is 1. The van der Waals surface area contributed by atoms with Crippen molar-refractivity contribution < 1.29 is 36.4 Å². The van der Waals surface area contributed by atoms with Crippen LogP contribution in [0.15, 0.2) is 24.3 Å². The van der Waals surface area contributed by atoms with E-state index in [9.17, 15) is 22.8 Å². The van der Waals surface area contributed by atoms with Crippen molar-refractivity contribution in [2.45, 2.75) is 44.3 Å². The third-order valence-electron chi connectivity index (χ3n) is 5.12. The number of piperidine rings is 1. The number of rotatable bonds is 10. The van der Waals surface area contributed by atoms with E-state index < -0.39 is 34.4 Å². The highest BCUT2D eigenvalue weighted by atomic mass is 32.3. The predicted molar refractivity (Wildman–Crippen MR) is 111 cm³/mol. The normalized spacial score (nSPS) is 21.4. The fourth-order valence-corrected chi connectivity index (χ4v) is 4.08. The summed E-state index contributed by atoms with van der Waals surface area (Å²) in [6, 6.07) is 4.58. The summed E-state index contributed by atoms with van der Waals surface area (Å²) in [4.78, 5) is 38.6. The lowest BCUT2D eigenvalue weighted by atomic mass is 10.00. The van der Waals surface area contributed by atoms with Crippen LogP contribution in [-0.4, -0.2) is 78.5 Å². The van der Waals surface area contributed by atoms with Gasteiger partial charge in [-0.25, -0.2) is 4.79 Å². The van der Waals surface area contributed by atoms with E-state index in [4.69, 9.17) is 15.0 Å². The number of carbonyl (C=O) groups excluding carboxylic acids is 3. The minimum atomic E-state index is -4.86. The van der Waals surface area contributed by atoms with Crippen molar-refractivity contribution in [2.75, 3.05) is 19.7 Å². The Hall–Kier alpha value is -2.74. The number of benzene rings is 1. The maximum Gasteiger partial charge on any atom is 0.418 e. The number of hydroxylamine groups is 2. The first-order chi connectivity index (χ1) is 15.0. The van der Waals surface area contributed by atoms with Gasteiger partial charge in [-0.1, -0.05) is 18.2 Å². The van der Waals surface area contributed by atoms with E-state index in [2.05, 4.69) is 9.60 Å². The Bertz CT molecular complexity index is 983. The number of Topliss-reactive ketones (excluding diaryl/α,β-unsaturated/α-hetero) is 1. The summed E-state index contributed by atoms with van der Waals surface area (Å²) >= 11 is 0. The minimum Gasteiger partial charge on any atom is -0.492 e. The van der Waals surface area contributed by atoms with E-state index in [-0.39, 0.29) is 37.8 Å². The molecule has 1 aromatic carbocycles. The Morgan fingerprint density at radius 1 is 1.31 bits per heavy atom. The highest BCUT2D eigenvalue weighted by molar-refractivity contribution is 7.80. The van der Waals surface area contributed by atoms with E-state index in [1.165, 1.54) is 0 Å². The molecule has 3 amide bonds. The molecule has 0 spiro atoms. The highest BCUT2D eigenvalue weighted by Gasteiger charge is 2.49. The third kappa shape index (κ3) is 5.94. The molecule has 3 rings (SSSR count). The number of ether oxygens (including phenoxy) is 1. The average molecular weight is 471 g/mol. The van der Waals surface area contributed by atoms with Gasteiger partial charge in [-0.05, 0) is 25.8 Å². The Labute approximate surface area is 185 Å².